The molecule has 19 heavy (non-hydrogen) atoms. The van der Waals surface area contributed by atoms with Crippen molar-refractivity contribution < 1.29 is 24.2 Å². The Labute approximate surface area is 109 Å². The molecule has 0 saturated carbocycles. The number of hydrogen-bond donors (Lipinski definition) is 1. The number of Topliss-reactive ketones (excluding diaryl/α,β-unsaturated/α-hetero) is 1. The van der Waals surface area contributed by atoms with E-state index in [4.69, 9.17) is 4.74 Å². The van der Waals surface area contributed by atoms with Crippen LogP contribution in [0.3, 0.4) is 0 Å². The van der Waals surface area contributed by atoms with Gasteiger partial charge in [-0.2, -0.15) is 0 Å². The molecule has 0 radical (unpaired) electrons. The molecule has 1 saturated heterocycles. The standard InChI is InChI=1S/C14H12O5/c1-18-10-5-2-9(3-6-10)4-7-11(15)13-12(16)8-19-14(13)17/h2-7,15H,8H2,1H3/b7-4+,13-11-. The second kappa shape index (κ2) is 5.39. The Hall–Kier alpha value is -2.56. The lowest BCUT2D eigenvalue weighted by molar-refractivity contribution is -0.135. The van der Waals surface area contributed by atoms with Crippen molar-refractivity contribution in [3.8, 4) is 5.75 Å². The van der Waals surface area contributed by atoms with E-state index in [1.807, 2.05) is 0 Å². The molecule has 1 aromatic rings. The van der Waals surface area contributed by atoms with Crippen molar-refractivity contribution in [2.75, 3.05) is 13.7 Å². The lowest BCUT2D eigenvalue weighted by Crippen LogP contribution is -2.04. The van der Waals surface area contributed by atoms with Gasteiger partial charge in [-0.25, -0.2) is 4.79 Å². The topological polar surface area (TPSA) is 72.8 Å². The van der Waals surface area contributed by atoms with Crippen LogP contribution in [0.4, 0.5) is 0 Å². The fourth-order valence-electron chi connectivity index (χ4n) is 1.61. The quantitative estimate of drug-likeness (QED) is 0.387. The minimum atomic E-state index is -0.790. The molecule has 1 heterocycles. The first-order chi connectivity index (χ1) is 9.11. The first kappa shape index (κ1) is 12.9. The molecule has 0 aliphatic carbocycles. The molecular weight excluding hydrogens is 248 g/mol. The average molecular weight is 260 g/mol. The van der Waals surface area contributed by atoms with Crippen LogP contribution < -0.4 is 4.74 Å². The molecule has 0 amide bonds. The van der Waals surface area contributed by atoms with Gasteiger partial charge in [0, 0.05) is 0 Å². The second-order valence-corrected chi connectivity index (χ2v) is 3.87. The van der Waals surface area contributed by atoms with Gasteiger partial charge >= 0.3 is 5.97 Å². The summed E-state index contributed by atoms with van der Waals surface area (Å²) in [7, 11) is 1.57. The summed E-state index contributed by atoms with van der Waals surface area (Å²) in [5.74, 6) is -0.971. The largest absolute Gasteiger partial charge is 0.507 e. The van der Waals surface area contributed by atoms with Crippen LogP contribution in [0.1, 0.15) is 5.56 Å². The molecule has 5 heteroatoms. The van der Waals surface area contributed by atoms with Gasteiger partial charge in [-0.1, -0.05) is 18.2 Å². The number of allylic oxidation sites excluding steroid dienone is 1. The van der Waals surface area contributed by atoms with E-state index in [1.165, 1.54) is 6.08 Å². The molecule has 0 spiro atoms. The molecule has 1 N–H and O–H groups in total. The summed E-state index contributed by atoms with van der Waals surface area (Å²) < 4.78 is 9.54. The van der Waals surface area contributed by atoms with E-state index < -0.39 is 11.8 Å². The smallest absolute Gasteiger partial charge is 0.346 e. The van der Waals surface area contributed by atoms with Crippen LogP contribution in [0, 0.1) is 0 Å². The highest BCUT2D eigenvalue weighted by atomic mass is 16.5. The fraction of sp³-hybridized carbons (Fsp3) is 0.143. The third kappa shape index (κ3) is 2.82. The number of hydrogen-bond acceptors (Lipinski definition) is 5. The van der Waals surface area contributed by atoms with Crippen LogP contribution in [0.25, 0.3) is 6.08 Å². The van der Waals surface area contributed by atoms with E-state index in [0.717, 1.165) is 5.56 Å². The predicted molar refractivity (Wildman–Crippen MR) is 67.6 cm³/mol. The molecule has 0 atom stereocenters. The van der Waals surface area contributed by atoms with Gasteiger partial charge < -0.3 is 14.6 Å². The van der Waals surface area contributed by atoms with Crippen molar-refractivity contribution in [1.29, 1.82) is 0 Å². The molecule has 1 aliphatic rings. The Morgan fingerprint density at radius 2 is 2.00 bits per heavy atom. The molecule has 1 fully saturated rings. The third-order valence-electron chi connectivity index (χ3n) is 2.62. The maximum absolute atomic E-state index is 11.3. The number of ether oxygens (including phenoxy) is 2. The van der Waals surface area contributed by atoms with Gasteiger partial charge in [0.25, 0.3) is 0 Å². The summed E-state index contributed by atoms with van der Waals surface area (Å²) in [4.78, 5) is 22.5. The Bertz CT molecular complexity index is 548. The normalized spacial score (nSPS) is 17.7. The van der Waals surface area contributed by atoms with E-state index in [1.54, 1.807) is 37.5 Å². The zero-order chi connectivity index (χ0) is 13.8. The van der Waals surface area contributed by atoms with Crippen LogP contribution in [-0.2, 0) is 14.3 Å². The summed E-state index contributed by atoms with van der Waals surface area (Å²) in [6.45, 7) is -0.311. The number of carbonyl (C=O) groups is 2. The highest BCUT2D eigenvalue weighted by Crippen LogP contribution is 2.16. The second-order valence-electron chi connectivity index (χ2n) is 3.87. The number of rotatable bonds is 3. The van der Waals surface area contributed by atoms with Gasteiger partial charge in [0.15, 0.2) is 6.61 Å². The lowest BCUT2D eigenvalue weighted by Gasteiger charge is -1.99. The minimum Gasteiger partial charge on any atom is -0.507 e. The number of aliphatic hydroxyl groups excluding tert-OH is 1. The fourth-order valence-corrected chi connectivity index (χ4v) is 1.61. The van der Waals surface area contributed by atoms with Crippen molar-refractivity contribution in [3.63, 3.8) is 0 Å². The number of cyclic esters (lactones) is 1. The van der Waals surface area contributed by atoms with Gasteiger partial charge in [-0.05, 0) is 23.8 Å². The molecule has 98 valence electrons. The molecule has 0 unspecified atom stereocenters. The Morgan fingerprint density at radius 3 is 2.53 bits per heavy atom. The van der Waals surface area contributed by atoms with Crippen LogP contribution in [-0.4, -0.2) is 30.6 Å². The van der Waals surface area contributed by atoms with Gasteiger partial charge in [0.2, 0.25) is 5.78 Å². The maximum Gasteiger partial charge on any atom is 0.346 e. The minimum absolute atomic E-state index is 0.301. The summed E-state index contributed by atoms with van der Waals surface area (Å²) in [6, 6.07) is 7.09. The van der Waals surface area contributed by atoms with Crippen LogP contribution >= 0.6 is 0 Å². The van der Waals surface area contributed by atoms with Crippen molar-refractivity contribution in [2.24, 2.45) is 0 Å². The maximum atomic E-state index is 11.3. The van der Waals surface area contributed by atoms with E-state index in [2.05, 4.69) is 4.74 Å². The molecule has 0 bridgehead atoms. The van der Waals surface area contributed by atoms with Gasteiger partial charge in [-0.3, -0.25) is 4.79 Å². The lowest BCUT2D eigenvalue weighted by atomic mass is 10.1. The summed E-state index contributed by atoms with van der Waals surface area (Å²) in [5.41, 5.74) is 0.497. The zero-order valence-electron chi connectivity index (χ0n) is 10.3. The number of methoxy groups -OCH3 is 1. The Morgan fingerprint density at radius 1 is 1.32 bits per heavy atom. The first-order valence-electron chi connectivity index (χ1n) is 5.57. The molecule has 1 aromatic carbocycles. The summed E-state index contributed by atoms with van der Waals surface area (Å²) in [6.07, 6.45) is 2.88. The van der Waals surface area contributed by atoms with Crippen LogP contribution in [0.2, 0.25) is 0 Å². The van der Waals surface area contributed by atoms with E-state index >= 15 is 0 Å². The van der Waals surface area contributed by atoms with Crippen molar-refractivity contribution in [1.82, 2.24) is 0 Å². The zero-order valence-corrected chi connectivity index (χ0v) is 10.3. The predicted octanol–water partition coefficient (Wildman–Crippen LogP) is 1.65. The number of esters is 1. The monoisotopic (exact) mass is 260 g/mol. The first-order valence-corrected chi connectivity index (χ1v) is 5.57. The SMILES string of the molecule is COc1ccc(/C=C/C(O)=C2\C(=O)COC2=O)cc1. The molecular formula is C14H12O5. The molecule has 2 rings (SSSR count). The number of aliphatic hydroxyl groups is 1. The summed E-state index contributed by atoms with van der Waals surface area (Å²) in [5, 5.41) is 9.70. The highest BCUT2D eigenvalue weighted by molar-refractivity contribution is 6.22. The van der Waals surface area contributed by atoms with Gasteiger partial charge in [0.1, 0.15) is 17.1 Å². The van der Waals surface area contributed by atoms with E-state index in [0.29, 0.717) is 5.75 Å². The third-order valence-corrected chi connectivity index (χ3v) is 2.62. The average Bonchev–Trinajstić information content (AvgIpc) is 2.76. The number of ketones is 1. The van der Waals surface area contributed by atoms with Crippen molar-refractivity contribution >= 4 is 17.8 Å². The molecule has 0 aromatic heterocycles. The van der Waals surface area contributed by atoms with E-state index in [-0.39, 0.29) is 17.9 Å². The Kier molecular flexibility index (Phi) is 3.66. The molecule has 5 nitrogen and oxygen atoms in total. The molecule has 1 aliphatic heterocycles. The van der Waals surface area contributed by atoms with Crippen molar-refractivity contribution in [3.05, 3.63) is 47.2 Å². The van der Waals surface area contributed by atoms with Crippen LogP contribution in [0.5, 0.6) is 5.75 Å². The number of carbonyl (C=O) groups excluding carboxylic acids is 2. The van der Waals surface area contributed by atoms with Crippen LogP contribution in [0.15, 0.2) is 41.7 Å². The Balaban J connectivity index is 2.19. The summed E-state index contributed by atoms with van der Waals surface area (Å²) >= 11 is 0. The van der Waals surface area contributed by atoms with Gasteiger partial charge in [0.05, 0.1) is 7.11 Å². The van der Waals surface area contributed by atoms with Gasteiger partial charge in [-0.15, -0.1) is 0 Å². The van der Waals surface area contributed by atoms with E-state index in [9.17, 15) is 14.7 Å². The number of benzene rings is 1. The van der Waals surface area contributed by atoms with Crippen molar-refractivity contribution in [2.45, 2.75) is 0 Å². The highest BCUT2D eigenvalue weighted by Gasteiger charge is 2.31.